The first kappa shape index (κ1) is 13.3. The first-order valence-electron chi connectivity index (χ1n) is 6.14. The highest BCUT2D eigenvalue weighted by molar-refractivity contribution is 8.00. The van der Waals surface area contributed by atoms with Crippen molar-refractivity contribution < 1.29 is 14.3 Å². The van der Waals surface area contributed by atoms with Gasteiger partial charge in [-0.2, -0.15) is 0 Å². The number of rotatable bonds is 5. The smallest absolute Gasteiger partial charge is 0.318 e. The molecule has 1 aromatic rings. The van der Waals surface area contributed by atoms with Gasteiger partial charge in [0, 0.05) is 6.42 Å². The Morgan fingerprint density at radius 2 is 2.39 bits per heavy atom. The van der Waals surface area contributed by atoms with E-state index in [0.29, 0.717) is 0 Å². The molecule has 18 heavy (non-hydrogen) atoms. The highest BCUT2D eigenvalue weighted by Gasteiger charge is 2.14. The van der Waals surface area contributed by atoms with Crippen LogP contribution in [0, 0.1) is 0 Å². The Bertz CT molecular complexity index is 431. The summed E-state index contributed by atoms with van der Waals surface area (Å²) < 4.78 is 10.2. The first-order chi connectivity index (χ1) is 8.70. The summed E-state index contributed by atoms with van der Waals surface area (Å²) in [5.74, 6) is 1.80. The molecule has 0 unspecified atom stereocenters. The van der Waals surface area contributed by atoms with Gasteiger partial charge in [-0.05, 0) is 36.3 Å². The van der Waals surface area contributed by atoms with Gasteiger partial charge in [0.05, 0.1) is 19.0 Å². The van der Waals surface area contributed by atoms with Crippen LogP contribution in [0.25, 0.3) is 0 Å². The van der Waals surface area contributed by atoms with E-state index in [4.69, 9.17) is 9.47 Å². The van der Waals surface area contributed by atoms with Crippen LogP contribution in [0.5, 0.6) is 5.75 Å². The normalized spacial score (nSPS) is 14.8. The monoisotopic (exact) mass is 266 g/mol. The van der Waals surface area contributed by atoms with Gasteiger partial charge in [0.15, 0.2) is 0 Å². The Balaban J connectivity index is 1.82. The van der Waals surface area contributed by atoms with Gasteiger partial charge in [-0.15, -0.1) is 11.8 Å². The second kappa shape index (κ2) is 6.14. The predicted molar refractivity (Wildman–Crippen MR) is 73.3 cm³/mol. The van der Waals surface area contributed by atoms with Gasteiger partial charge in [-0.3, -0.25) is 4.79 Å². The van der Waals surface area contributed by atoms with Gasteiger partial charge >= 0.3 is 5.97 Å². The third-order valence-corrected chi connectivity index (χ3v) is 4.18. The van der Waals surface area contributed by atoms with Crippen molar-refractivity contribution in [3.63, 3.8) is 0 Å². The molecule has 98 valence electrons. The topological polar surface area (TPSA) is 35.5 Å². The van der Waals surface area contributed by atoms with Crippen LogP contribution in [0.3, 0.4) is 0 Å². The standard InChI is InChI=1S/C14H18O3S/c1-10(14(15)16-2)18-8-6-11-3-4-13-12(9-11)5-7-17-13/h3-4,9-10H,5-8H2,1-2H3/t10-/m1/s1. The van der Waals surface area contributed by atoms with E-state index in [0.717, 1.165) is 31.0 Å². The second-order valence-corrected chi connectivity index (χ2v) is 5.78. The van der Waals surface area contributed by atoms with Crippen molar-refractivity contribution in [2.75, 3.05) is 19.5 Å². The van der Waals surface area contributed by atoms with Gasteiger partial charge in [0.1, 0.15) is 5.75 Å². The molecule has 3 nitrogen and oxygen atoms in total. The fourth-order valence-corrected chi connectivity index (χ4v) is 2.92. The molecule has 0 spiro atoms. The van der Waals surface area contributed by atoms with Gasteiger partial charge in [-0.25, -0.2) is 0 Å². The van der Waals surface area contributed by atoms with Crippen molar-refractivity contribution in [2.24, 2.45) is 0 Å². The maximum absolute atomic E-state index is 11.2. The van der Waals surface area contributed by atoms with E-state index in [-0.39, 0.29) is 11.2 Å². The lowest BCUT2D eigenvalue weighted by atomic mass is 10.1. The summed E-state index contributed by atoms with van der Waals surface area (Å²) in [6.07, 6.45) is 1.98. The minimum Gasteiger partial charge on any atom is -0.493 e. The van der Waals surface area contributed by atoms with Crippen LogP contribution in [0.15, 0.2) is 18.2 Å². The molecule has 1 atom stereocenters. The molecule has 1 aliphatic rings. The van der Waals surface area contributed by atoms with Gasteiger partial charge in [-0.1, -0.05) is 12.1 Å². The molecular weight excluding hydrogens is 248 g/mol. The maximum atomic E-state index is 11.2. The molecule has 4 heteroatoms. The zero-order valence-corrected chi connectivity index (χ0v) is 11.6. The van der Waals surface area contributed by atoms with Gasteiger partial charge in [0.2, 0.25) is 0 Å². The highest BCUT2D eigenvalue weighted by Crippen LogP contribution is 2.26. The summed E-state index contributed by atoms with van der Waals surface area (Å²) in [4.78, 5) is 11.2. The van der Waals surface area contributed by atoms with Crippen LogP contribution in [0.2, 0.25) is 0 Å². The molecular formula is C14H18O3S. The average molecular weight is 266 g/mol. The summed E-state index contributed by atoms with van der Waals surface area (Å²) in [5.41, 5.74) is 2.61. The summed E-state index contributed by atoms with van der Waals surface area (Å²) in [6.45, 7) is 2.68. The van der Waals surface area contributed by atoms with Crippen molar-refractivity contribution in [3.8, 4) is 5.75 Å². The molecule has 0 aromatic heterocycles. The number of aryl methyl sites for hydroxylation is 1. The van der Waals surface area contributed by atoms with E-state index in [9.17, 15) is 4.79 Å². The number of benzene rings is 1. The van der Waals surface area contributed by atoms with Gasteiger partial charge < -0.3 is 9.47 Å². The quantitative estimate of drug-likeness (QED) is 0.767. The molecule has 0 bridgehead atoms. The molecule has 0 saturated carbocycles. The number of methoxy groups -OCH3 is 1. The van der Waals surface area contributed by atoms with Crippen LogP contribution in [-0.4, -0.2) is 30.7 Å². The van der Waals surface area contributed by atoms with E-state index in [1.165, 1.54) is 18.2 Å². The molecule has 1 aliphatic heterocycles. The number of thioether (sulfide) groups is 1. The minimum absolute atomic E-state index is 0.0900. The minimum atomic E-state index is -0.151. The lowest BCUT2D eigenvalue weighted by molar-refractivity contribution is -0.139. The third kappa shape index (κ3) is 3.19. The Kier molecular flexibility index (Phi) is 4.53. The molecule has 0 N–H and O–H groups in total. The number of carbonyl (C=O) groups excluding carboxylic acids is 1. The molecule has 1 aromatic carbocycles. The van der Waals surface area contributed by atoms with Crippen molar-refractivity contribution in [1.82, 2.24) is 0 Å². The molecule has 0 amide bonds. The van der Waals surface area contributed by atoms with Crippen molar-refractivity contribution in [3.05, 3.63) is 29.3 Å². The van der Waals surface area contributed by atoms with Crippen LogP contribution in [0.4, 0.5) is 0 Å². The van der Waals surface area contributed by atoms with E-state index >= 15 is 0 Å². The predicted octanol–water partition coefficient (Wildman–Crippen LogP) is 2.46. The molecule has 2 rings (SSSR count). The third-order valence-electron chi connectivity index (χ3n) is 3.05. The van der Waals surface area contributed by atoms with Crippen LogP contribution in [-0.2, 0) is 22.4 Å². The zero-order valence-electron chi connectivity index (χ0n) is 10.8. The number of fused-ring (bicyclic) bond motifs is 1. The fourth-order valence-electron chi connectivity index (χ4n) is 1.98. The van der Waals surface area contributed by atoms with Crippen LogP contribution in [0.1, 0.15) is 18.1 Å². The summed E-state index contributed by atoms with van der Waals surface area (Å²) in [5, 5.41) is -0.0900. The van der Waals surface area contributed by atoms with Crippen molar-refractivity contribution in [1.29, 1.82) is 0 Å². The van der Waals surface area contributed by atoms with Gasteiger partial charge in [0.25, 0.3) is 0 Å². The molecule has 0 aliphatic carbocycles. The van der Waals surface area contributed by atoms with E-state index in [2.05, 4.69) is 12.1 Å². The Morgan fingerprint density at radius 3 is 3.17 bits per heavy atom. The lowest BCUT2D eigenvalue weighted by Crippen LogP contribution is -2.15. The SMILES string of the molecule is COC(=O)[C@@H](C)SCCc1ccc2c(c1)CCO2. The number of hydrogen-bond acceptors (Lipinski definition) is 4. The summed E-state index contributed by atoms with van der Waals surface area (Å²) in [6, 6.07) is 6.37. The van der Waals surface area contributed by atoms with E-state index in [1.807, 2.05) is 13.0 Å². The van der Waals surface area contributed by atoms with E-state index in [1.54, 1.807) is 11.8 Å². The largest absolute Gasteiger partial charge is 0.493 e. The Morgan fingerprint density at radius 1 is 1.56 bits per heavy atom. The molecule has 1 heterocycles. The summed E-state index contributed by atoms with van der Waals surface area (Å²) in [7, 11) is 1.43. The second-order valence-electron chi connectivity index (χ2n) is 4.33. The number of esters is 1. The zero-order chi connectivity index (χ0) is 13.0. The Labute approximate surface area is 112 Å². The first-order valence-corrected chi connectivity index (χ1v) is 7.19. The number of hydrogen-bond donors (Lipinski definition) is 0. The van der Waals surface area contributed by atoms with Crippen molar-refractivity contribution in [2.45, 2.75) is 25.0 Å². The maximum Gasteiger partial charge on any atom is 0.318 e. The average Bonchev–Trinajstić information content (AvgIpc) is 2.85. The molecule has 0 fully saturated rings. The summed E-state index contributed by atoms with van der Waals surface area (Å²) >= 11 is 1.63. The highest BCUT2D eigenvalue weighted by atomic mass is 32.2. The van der Waals surface area contributed by atoms with Crippen LogP contribution >= 0.6 is 11.8 Å². The fraction of sp³-hybridized carbons (Fsp3) is 0.500. The molecule has 0 saturated heterocycles. The number of carbonyl (C=O) groups is 1. The number of ether oxygens (including phenoxy) is 2. The lowest BCUT2D eigenvalue weighted by Gasteiger charge is -2.09. The Hall–Kier alpha value is -1.16. The van der Waals surface area contributed by atoms with Crippen molar-refractivity contribution >= 4 is 17.7 Å². The van der Waals surface area contributed by atoms with Crippen LogP contribution < -0.4 is 4.74 Å². The van der Waals surface area contributed by atoms with E-state index < -0.39 is 0 Å². The molecule has 0 radical (unpaired) electrons.